The minimum Gasteiger partial charge on any atom is -0.352 e. The highest BCUT2D eigenvalue weighted by molar-refractivity contribution is 7.89. The van der Waals surface area contributed by atoms with Gasteiger partial charge in [0.25, 0.3) is 5.91 Å². The highest BCUT2D eigenvalue weighted by atomic mass is 32.2. The fraction of sp³-hybridized carbons (Fsp3) is 0.533. The van der Waals surface area contributed by atoms with Gasteiger partial charge in [-0.3, -0.25) is 4.79 Å². The summed E-state index contributed by atoms with van der Waals surface area (Å²) >= 11 is 0. The summed E-state index contributed by atoms with van der Waals surface area (Å²) in [6.45, 7) is 6.79. The van der Waals surface area contributed by atoms with E-state index in [4.69, 9.17) is 5.14 Å². The molecule has 1 amide bonds. The van der Waals surface area contributed by atoms with Crippen LogP contribution in [0.1, 0.15) is 43.1 Å². The van der Waals surface area contributed by atoms with Crippen molar-refractivity contribution in [1.82, 2.24) is 5.32 Å². The van der Waals surface area contributed by atoms with Crippen LogP contribution >= 0.6 is 0 Å². The summed E-state index contributed by atoms with van der Waals surface area (Å²) in [5, 5.41) is 8.07. The molecule has 0 bridgehead atoms. The van der Waals surface area contributed by atoms with Crippen molar-refractivity contribution in [2.75, 3.05) is 6.54 Å². The summed E-state index contributed by atoms with van der Waals surface area (Å²) < 4.78 is 23.2. The first-order valence-corrected chi connectivity index (χ1v) is 8.63. The molecule has 116 valence electrons. The highest BCUT2D eigenvalue weighted by Crippen LogP contribution is 2.50. The Balaban J connectivity index is 2.15. The summed E-state index contributed by atoms with van der Waals surface area (Å²) in [6.07, 6.45) is 1.65. The summed E-state index contributed by atoms with van der Waals surface area (Å²) in [5.74, 6) is 0.235. The number of aryl methyl sites for hydroxylation is 1. The van der Waals surface area contributed by atoms with Crippen LogP contribution in [0.2, 0.25) is 0 Å². The standard InChI is InChI=1S/C15H22N2O3S/c1-4-10-5-6-11(7-13(10)21(16,19)20)14(18)17-9-12-8-15(12,2)3/h5-7,12H,4,8-9H2,1-3H3,(H,17,18)(H2,16,19,20). The van der Waals surface area contributed by atoms with E-state index in [0.29, 0.717) is 35.4 Å². The van der Waals surface area contributed by atoms with Crippen LogP contribution in [-0.2, 0) is 16.4 Å². The van der Waals surface area contributed by atoms with E-state index in [9.17, 15) is 13.2 Å². The number of nitrogens with two attached hydrogens (primary N) is 1. The molecular weight excluding hydrogens is 288 g/mol. The van der Waals surface area contributed by atoms with Gasteiger partial charge in [-0.15, -0.1) is 0 Å². The molecule has 0 aliphatic heterocycles. The number of rotatable bonds is 5. The number of hydrogen-bond donors (Lipinski definition) is 2. The zero-order valence-electron chi connectivity index (χ0n) is 12.6. The smallest absolute Gasteiger partial charge is 0.251 e. The van der Waals surface area contributed by atoms with Crippen molar-refractivity contribution in [1.29, 1.82) is 0 Å². The quantitative estimate of drug-likeness (QED) is 0.867. The molecule has 2 rings (SSSR count). The van der Waals surface area contributed by atoms with Crippen molar-refractivity contribution in [2.24, 2.45) is 16.5 Å². The third kappa shape index (κ3) is 3.63. The van der Waals surface area contributed by atoms with E-state index in [-0.39, 0.29) is 10.8 Å². The Morgan fingerprint density at radius 2 is 2.05 bits per heavy atom. The molecule has 0 heterocycles. The van der Waals surface area contributed by atoms with Crippen molar-refractivity contribution in [3.8, 4) is 0 Å². The molecule has 1 aliphatic carbocycles. The zero-order chi connectivity index (χ0) is 15.8. The number of benzene rings is 1. The van der Waals surface area contributed by atoms with Gasteiger partial charge in [-0.05, 0) is 41.9 Å². The summed E-state index contributed by atoms with van der Waals surface area (Å²) in [6, 6.07) is 4.65. The first-order chi connectivity index (χ1) is 9.65. The fourth-order valence-corrected chi connectivity index (χ4v) is 3.36. The van der Waals surface area contributed by atoms with Gasteiger partial charge in [0.05, 0.1) is 4.90 Å². The Morgan fingerprint density at radius 3 is 2.52 bits per heavy atom. The molecule has 0 radical (unpaired) electrons. The van der Waals surface area contributed by atoms with Crippen molar-refractivity contribution in [3.63, 3.8) is 0 Å². The Kier molecular flexibility index (Phi) is 4.13. The van der Waals surface area contributed by atoms with E-state index >= 15 is 0 Å². The summed E-state index contributed by atoms with van der Waals surface area (Å²) in [5.41, 5.74) is 1.25. The highest BCUT2D eigenvalue weighted by Gasteiger charge is 2.45. The second-order valence-electron chi connectivity index (χ2n) is 6.32. The number of carbonyl (C=O) groups excluding carboxylic acids is 1. The molecular formula is C15H22N2O3S. The molecule has 1 aliphatic rings. The number of nitrogens with one attached hydrogen (secondary N) is 1. The number of hydrogen-bond acceptors (Lipinski definition) is 3. The van der Waals surface area contributed by atoms with Gasteiger partial charge in [0, 0.05) is 12.1 Å². The van der Waals surface area contributed by atoms with Crippen molar-refractivity contribution in [2.45, 2.75) is 38.5 Å². The second kappa shape index (κ2) is 5.42. The average molecular weight is 310 g/mol. The molecule has 0 spiro atoms. The van der Waals surface area contributed by atoms with Crippen molar-refractivity contribution in [3.05, 3.63) is 29.3 Å². The fourth-order valence-electron chi connectivity index (χ4n) is 2.50. The van der Waals surface area contributed by atoms with Crippen LogP contribution in [-0.4, -0.2) is 20.9 Å². The third-order valence-electron chi connectivity index (χ3n) is 4.24. The maximum absolute atomic E-state index is 12.1. The van der Waals surface area contributed by atoms with Gasteiger partial charge in [-0.1, -0.05) is 26.8 Å². The van der Waals surface area contributed by atoms with Gasteiger partial charge in [0.15, 0.2) is 0 Å². The van der Waals surface area contributed by atoms with Crippen molar-refractivity contribution >= 4 is 15.9 Å². The van der Waals surface area contributed by atoms with E-state index in [1.54, 1.807) is 12.1 Å². The second-order valence-corrected chi connectivity index (χ2v) is 7.85. The maximum Gasteiger partial charge on any atom is 0.251 e. The monoisotopic (exact) mass is 310 g/mol. The van der Waals surface area contributed by atoms with Crippen LogP contribution < -0.4 is 10.5 Å². The largest absolute Gasteiger partial charge is 0.352 e. The van der Waals surface area contributed by atoms with E-state index in [1.165, 1.54) is 6.07 Å². The van der Waals surface area contributed by atoms with Crippen molar-refractivity contribution < 1.29 is 13.2 Å². The Hall–Kier alpha value is -1.40. The van der Waals surface area contributed by atoms with Gasteiger partial charge in [0.2, 0.25) is 10.0 Å². The van der Waals surface area contributed by atoms with Crippen LogP contribution in [0.15, 0.2) is 23.1 Å². The van der Waals surface area contributed by atoms with Gasteiger partial charge >= 0.3 is 0 Å². The number of primary sulfonamides is 1. The van der Waals surface area contributed by atoms with Crippen LogP contribution in [0, 0.1) is 11.3 Å². The number of sulfonamides is 1. The zero-order valence-corrected chi connectivity index (χ0v) is 13.5. The molecule has 1 saturated carbocycles. The third-order valence-corrected chi connectivity index (χ3v) is 5.24. The van der Waals surface area contributed by atoms with Gasteiger partial charge < -0.3 is 5.32 Å². The van der Waals surface area contributed by atoms with Crippen LogP contribution in [0.3, 0.4) is 0 Å². The molecule has 21 heavy (non-hydrogen) atoms. The lowest BCUT2D eigenvalue weighted by Gasteiger charge is -2.10. The van der Waals surface area contributed by atoms with Gasteiger partial charge in [0.1, 0.15) is 0 Å². The molecule has 1 fully saturated rings. The average Bonchev–Trinajstić information content (AvgIpc) is 3.01. The Bertz CT molecular complexity index is 665. The first kappa shape index (κ1) is 16.0. The molecule has 1 unspecified atom stereocenters. The van der Waals surface area contributed by atoms with E-state index in [0.717, 1.165) is 6.42 Å². The molecule has 1 aromatic carbocycles. The number of amides is 1. The Labute approximate surface area is 126 Å². The molecule has 6 heteroatoms. The molecule has 3 N–H and O–H groups in total. The van der Waals surface area contributed by atoms with E-state index < -0.39 is 10.0 Å². The van der Waals surface area contributed by atoms with E-state index in [2.05, 4.69) is 19.2 Å². The molecule has 0 saturated heterocycles. The van der Waals surface area contributed by atoms with Gasteiger partial charge in [-0.2, -0.15) is 0 Å². The maximum atomic E-state index is 12.1. The normalized spacial score (nSPS) is 20.1. The summed E-state index contributed by atoms with van der Waals surface area (Å²) in [4.78, 5) is 12.2. The van der Waals surface area contributed by atoms with E-state index in [1.807, 2.05) is 6.92 Å². The predicted molar refractivity (Wildman–Crippen MR) is 81.4 cm³/mol. The van der Waals surface area contributed by atoms with Gasteiger partial charge in [-0.25, -0.2) is 13.6 Å². The first-order valence-electron chi connectivity index (χ1n) is 7.09. The topological polar surface area (TPSA) is 89.3 Å². The lowest BCUT2D eigenvalue weighted by Crippen LogP contribution is -2.27. The minimum atomic E-state index is -3.82. The van der Waals surface area contributed by atoms with Crippen LogP contribution in [0.4, 0.5) is 0 Å². The summed E-state index contributed by atoms with van der Waals surface area (Å²) in [7, 11) is -3.82. The predicted octanol–water partition coefficient (Wildman–Crippen LogP) is 1.67. The number of carbonyl (C=O) groups is 1. The Morgan fingerprint density at radius 1 is 1.43 bits per heavy atom. The van der Waals surface area contributed by atoms with Crippen LogP contribution in [0.5, 0.6) is 0 Å². The minimum absolute atomic E-state index is 0.0319. The molecule has 1 atom stereocenters. The van der Waals surface area contributed by atoms with Crippen LogP contribution in [0.25, 0.3) is 0 Å². The molecule has 5 nitrogen and oxygen atoms in total. The lowest BCUT2D eigenvalue weighted by molar-refractivity contribution is 0.0950. The lowest BCUT2D eigenvalue weighted by atomic mass is 10.1. The SMILES string of the molecule is CCc1ccc(C(=O)NCC2CC2(C)C)cc1S(N)(=O)=O. The molecule has 1 aromatic rings. The molecule has 0 aromatic heterocycles.